The molecule has 0 aliphatic rings. The van der Waals surface area contributed by atoms with Crippen molar-refractivity contribution in [3.05, 3.63) is 68.6 Å². The summed E-state index contributed by atoms with van der Waals surface area (Å²) in [6.45, 7) is 8.65. The second-order valence-electron chi connectivity index (χ2n) is 7.79. The number of ether oxygens (including phenoxy) is 2. The van der Waals surface area contributed by atoms with Gasteiger partial charge in [-0.15, -0.1) is 0 Å². The van der Waals surface area contributed by atoms with Gasteiger partial charge < -0.3 is 19.0 Å². The predicted octanol–water partition coefficient (Wildman–Crippen LogP) is 3.71. The predicted molar refractivity (Wildman–Crippen MR) is 124 cm³/mol. The van der Waals surface area contributed by atoms with E-state index >= 15 is 0 Å². The molecule has 2 aromatic heterocycles. The van der Waals surface area contributed by atoms with E-state index in [9.17, 15) is 9.59 Å². The third-order valence-corrected chi connectivity index (χ3v) is 5.12. The minimum absolute atomic E-state index is 0.152. The van der Waals surface area contributed by atoms with Gasteiger partial charge in [-0.3, -0.25) is 14.2 Å². The Hall–Kier alpha value is -3.88. The molecule has 0 amide bonds. The molecule has 172 valence electrons. The highest BCUT2D eigenvalue weighted by Crippen LogP contribution is 2.29. The van der Waals surface area contributed by atoms with Crippen molar-refractivity contribution in [1.29, 1.82) is 0 Å². The first kappa shape index (κ1) is 22.3. The zero-order valence-corrected chi connectivity index (χ0v) is 19.0. The van der Waals surface area contributed by atoms with E-state index in [2.05, 4.69) is 15.1 Å². The Balaban J connectivity index is 1.63. The molecule has 0 bridgehead atoms. The van der Waals surface area contributed by atoms with Crippen molar-refractivity contribution in [1.82, 2.24) is 19.7 Å². The van der Waals surface area contributed by atoms with Gasteiger partial charge in [0.15, 0.2) is 11.5 Å². The average molecular weight is 450 g/mol. The number of nitrogens with one attached hydrogen (secondary N) is 1. The SMILES string of the molecule is CCOc1ccc(Cc2nc(-c3ccc4c(c3)[nH]c(=O)c(=O)n4C(C)C)no2)cc1OCC. The molecule has 0 radical (unpaired) electrons. The van der Waals surface area contributed by atoms with Crippen LogP contribution in [0.4, 0.5) is 0 Å². The lowest BCUT2D eigenvalue weighted by Gasteiger charge is -2.13. The number of H-pyrrole nitrogens is 1. The molecule has 4 aromatic rings. The van der Waals surface area contributed by atoms with Gasteiger partial charge in [0.05, 0.1) is 30.7 Å². The zero-order chi connectivity index (χ0) is 23.5. The highest BCUT2D eigenvalue weighted by Gasteiger charge is 2.15. The Labute approximate surface area is 190 Å². The summed E-state index contributed by atoms with van der Waals surface area (Å²) < 4.78 is 18.2. The van der Waals surface area contributed by atoms with Crippen LogP contribution in [-0.2, 0) is 6.42 Å². The third-order valence-electron chi connectivity index (χ3n) is 5.12. The van der Waals surface area contributed by atoms with E-state index in [1.807, 2.05) is 45.9 Å². The molecule has 0 saturated heterocycles. The van der Waals surface area contributed by atoms with Gasteiger partial charge in [0.1, 0.15) is 0 Å². The molecule has 0 spiro atoms. The minimum Gasteiger partial charge on any atom is -0.490 e. The Morgan fingerprint density at radius 3 is 2.52 bits per heavy atom. The van der Waals surface area contributed by atoms with Crippen LogP contribution in [0.1, 0.15) is 45.2 Å². The summed E-state index contributed by atoms with van der Waals surface area (Å²) in [5, 5.41) is 4.09. The first-order valence-electron chi connectivity index (χ1n) is 10.9. The quantitative estimate of drug-likeness (QED) is 0.407. The maximum atomic E-state index is 12.2. The van der Waals surface area contributed by atoms with Crippen molar-refractivity contribution in [3.63, 3.8) is 0 Å². The largest absolute Gasteiger partial charge is 0.490 e. The second-order valence-corrected chi connectivity index (χ2v) is 7.79. The van der Waals surface area contributed by atoms with E-state index in [1.54, 1.807) is 18.2 Å². The molecular formula is C24H26N4O5. The summed E-state index contributed by atoms with van der Waals surface area (Å²) in [4.78, 5) is 31.5. The molecule has 0 atom stereocenters. The number of hydrogen-bond donors (Lipinski definition) is 1. The second kappa shape index (κ2) is 9.32. The van der Waals surface area contributed by atoms with Crippen LogP contribution < -0.4 is 20.6 Å². The van der Waals surface area contributed by atoms with Crippen molar-refractivity contribution < 1.29 is 14.0 Å². The molecular weight excluding hydrogens is 424 g/mol. The van der Waals surface area contributed by atoms with Crippen LogP contribution in [0.25, 0.3) is 22.4 Å². The standard InChI is InChI=1S/C24H26N4O5/c1-5-31-19-10-7-15(11-20(19)32-6-2)12-21-26-22(27-33-21)16-8-9-18-17(13-16)25-23(29)24(30)28(18)14(3)4/h7-11,13-14H,5-6,12H2,1-4H3,(H,25,29). The van der Waals surface area contributed by atoms with Crippen LogP contribution in [0.2, 0.25) is 0 Å². The Morgan fingerprint density at radius 1 is 1.03 bits per heavy atom. The molecule has 9 nitrogen and oxygen atoms in total. The van der Waals surface area contributed by atoms with E-state index in [1.165, 1.54) is 4.57 Å². The number of fused-ring (bicyclic) bond motifs is 1. The Kier molecular flexibility index (Phi) is 6.30. The number of hydrogen-bond acceptors (Lipinski definition) is 7. The van der Waals surface area contributed by atoms with Crippen LogP contribution in [0.15, 0.2) is 50.5 Å². The monoisotopic (exact) mass is 450 g/mol. The molecule has 33 heavy (non-hydrogen) atoms. The van der Waals surface area contributed by atoms with Crippen LogP contribution in [-0.4, -0.2) is 32.9 Å². The third kappa shape index (κ3) is 4.52. The van der Waals surface area contributed by atoms with Crippen LogP contribution in [0, 0.1) is 0 Å². The fourth-order valence-electron chi connectivity index (χ4n) is 3.72. The van der Waals surface area contributed by atoms with Gasteiger partial charge in [-0.2, -0.15) is 4.98 Å². The highest BCUT2D eigenvalue weighted by molar-refractivity contribution is 5.80. The number of aromatic amines is 1. The summed E-state index contributed by atoms with van der Waals surface area (Å²) in [5.74, 6) is 2.20. The Morgan fingerprint density at radius 2 is 1.79 bits per heavy atom. The van der Waals surface area contributed by atoms with E-state index in [-0.39, 0.29) is 6.04 Å². The summed E-state index contributed by atoms with van der Waals surface area (Å²) in [6, 6.07) is 10.9. The normalized spacial score (nSPS) is 11.3. The molecule has 4 rings (SSSR count). The number of rotatable bonds is 8. The average Bonchev–Trinajstić information content (AvgIpc) is 3.24. The van der Waals surface area contributed by atoms with Crippen LogP contribution in [0.5, 0.6) is 11.5 Å². The van der Waals surface area contributed by atoms with Gasteiger partial charge in [0.2, 0.25) is 11.7 Å². The first-order chi connectivity index (χ1) is 15.9. The van der Waals surface area contributed by atoms with Crippen molar-refractivity contribution >= 4 is 11.0 Å². The highest BCUT2D eigenvalue weighted by atomic mass is 16.5. The summed E-state index contributed by atoms with van der Waals surface area (Å²) in [7, 11) is 0. The molecule has 0 fully saturated rings. The zero-order valence-electron chi connectivity index (χ0n) is 19.0. The van der Waals surface area contributed by atoms with Crippen molar-refractivity contribution in [2.45, 2.75) is 40.2 Å². The van der Waals surface area contributed by atoms with Gasteiger partial charge in [0.25, 0.3) is 0 Å². The van der Waals surface area contributed by atoms with Crippen LogP contribution >= 0.6 is 0 Å². The molecule has 9 heteroatoms. The number of benzene rings is 2. The van der Waals surface area contributed by atoms with Crippen molar-refractivity contribution in [2.24, 2.45) is 0 Å². The lowest BCUT2D eigenvalue weighted by atomic mass is 10.1. The smallest absolute Gasteiger partial charge is 0.316 e. The van der Waals surface area contributed by atoms with E-state index in [0.717, 1.165) is 5.56 Å². The molecule has 0 unspecified atom stereocenters. The summed E-state index contributed by atoms with van der Waals surface area (Å²) >= 11 is 0. The van der Waals surface area contributed by atoms with E-state index < -0.39 is 11.1 Å². The maximum absolute atomic E-state index is 12.2. The van der Waals surface area contributed by atoms with Gasteiger partial charge in [-0.05, 0) is 63.6 Å². The molecule has 0 aliphatic carbocycles. The first-order valence-corrected chi connectivity index (χ1v) is 10.9. The van der Waals surface area contributed by atoms with E-state index in [0.29, 0.717) is 59.4 Å². The summed E-state index contributed by atoms with van der Waals surface area (Å²) in [5.41, 5.74) is 1.55. The fraction of sp³-hybridized carbons (Fsp3) is 0.333. The molecule has 0 saturated carbocycles. The number of aromatic nitrogens is 4. The van der Waals surface area contributed by atoms with E-state index in [4.69, 9.17) is 14.0 Å². The lowest BCUT2D eigenvalue weighted by Crippen LogP contribution is -2.37. The van der Waals surface area contributed by atoms with Gasteiger partial charge in [-0.1, -0.05) is 11.2 Å². The Bertz CT molecular complexity index is 1400. The maximum Gasteiger partial charge on any atom is 0.316 e. The van der Waals surface area contributed by atoms with Crippen molar-refractivity contribution in [2.75, 3.05) is 13.2 Å². The lowest BCUT2D eigenvalue weighted by molar-refractivity contribution is 0.287. The minimum atomic E-state index is -0.664. The summed E-state index contributed by atoms with van der Waals surface area (Å²) in [6.07, 6.45) is 0.427. The topological polar surface area (TPSA) is 112 Å². The number of nitrogens with zero attached hydrogens (tertiary/aromatic N) is 3. The van der Waals surface area contributed by atoms with Gasteiger partial charge >= 0.3 is 11.1 Å². The molecule has 2 aromatic carbocycles. The van der Waals surface area contributed by atoms with Crippen LogP contribution in [0.3, 0.4) is 0 Å². The fourth-order valence-corrected chi connectivity index (χ4v) is 3.72. The molecule has 0 aliphatic heterocycles. The molecule has 2 heterocycles. The molecule has 1 N–H and O–H groups in total. The van der Waals surface area contributed by atoms with Gasteiger partial charge in [0, 0.05) is 11.6 Å². The van der Waals surface area contributed by atoms with Crippen molar-refractivity contribution in [3.8, 4) is 22.9 Å². The van der Waals surface area contributed by atoms with Gasteiger partial charge in [-0.25, -0.2) is 0 Å².